The highest BCUT2D eigenvalue weighted by Gasteiger charge is 2.45. The maximum Gasteiger partial charge on any atom is 0.329 e. The van der Waals surface area contributed by atoms with E-state index in [9.17, 15) is 14.7 Å². The molecule has 1 aliphatic rings. The fourth-order valence-electron chi connectivity index (χ4n) is 1.83. The highest BCUT2D eigenvalue weighted by molar-refractivity contribution is 8.13. The molecule has 0 aromatic carbocycles. The molecular formula is C9H15NO3S. The monoisotopic (exact) mass is 217 g/mol. The van der Waals surface area contributed by atoms with Crippen molar-refractivity contribution < 1.29 is 14.7 Å². The summed E-state index contributed by atoms with van der Waals surface area (Å²) in [6.45, 7) is 4.18. The molecule has 1 amide bonds. The van der Waals surface area contributed by atoms with E-state index in [1.165, 1.54) is 16.7 Å². The number of amides is 1. The molecule has 0 aliphatic carbocycles. The highest BCUT2D eigenvalue weighted by Crippen LogP contribution is 2.31. The van der Waals surface area contributed by atoms with Gasteiger partial charge in [0.2, 0.25) is 0 Å². The van der Waals surface area contributed by atoms with Crippen molar-refractivity contribution in [3.05, 3.63) is 0 Å². The first-order chi connectivity index (χ1) is 6.58. The van der Waals surface area contributed by atoms with Gasteiger partial charge < -0.3 is 10.0 Å². The van der Waals surface area contributed by atoms with E-state index in [0.717, 1.165) is 0 Å². The van der Waals surface area contributed by atoms with Crippen LogP contribution < -0.4 is 0 Å². The molecular weight excluding hydrogens is 202 g/mol. The van der Waals surface area contributed by atoms with Crippen LogP contribution in [0.5, 0.6) is 0 Å². The minimum absolute atomic E-state index is 0.101. The van der Waals surface area contributed by atoms with E-state index in [1.54, 1.807) is 0 Å². The van der Waals surface area contributed by atoms with Gasteiger partial charge >= 0.3 is 5.97 Å². The summed E-state index contributed by atoms with van der Waals surface area (Å²) in [6.07, 6.45) is 0.927. The van der Waals surface area contributed by atoms with Crippen LogP contribution in [0.3, 0.4) is 0 Å². The Hall–Kier alpha value is -0.710. The molecule has 0 spiro atoms. The van der Waals surface area contributed by atoms with Crippen LogP contribution in [0.2, 0.25) is 0 Å². The molecule has 1 fully saturated rings. The van der Waals surface area contributed by atoms with Crippen molar-refractivity contribution >= 4 is 23.0 Å². The third-order valence-corrected chi connectivity index (χ3v) is 3.70. The second-order valence-corrected chi connectivity index (χ2v) is 4.36. The van der Waals surface area contributed by atoms with Gasteiger partial charge in [0.15, 0.2) is 0 Å². The number of nitrogens with zero attached hydrogens (tertiary/aromatic N) is 1. The zero-order chi connectivity index (χ0) is 10.8. The zero-order valence-corrected chi connectivity index (χ0v) is 9.26. The lowest BCUT2D eigenvalue weighted by Gasteiger charge is -2.36. The normalized spacial score (nSPS) is 17.6. The Balaban J connectivity index is 2.96. The number of rotatable bonds is 4. The van der Waals surface area contributed by atoms with Gasteiger partial charge in [-0.2, -0.15) is 0 Å². The molecule has 1 rings (SSSR count). The number of carboxylic acid groups (broad SMARTS) is 1. The lowest BCUT2D eigenvalue weighted by Crippen LogP contribution is -2.54. The fraction of sp³-hybridized carbons (Fsp3) is 0.778. The first kappa shape index (κ1) is 11.4. The molecule has 14 heavy (non-hydrogen) atoms. The van der Waals surface area contributed by atoms with Crippen LogP contribution in [0, 0.1) is 0 Å². The van der Waals surface area contributed by atoms with Gasteiger partial charge in [0.1, 0.15) is 5.54 Å². The van der Waals surface area contributed by atoms with E-state index in [1.807, 2.05) is 13.8 Å². The molecule has 5 heteroatoms. The first-order valence-electron chi connectivity index (χ1n) is 4.76. The van der Waals surface area contributed by atoms with Crippen LogP contribution in [0.1, 0.15) is 26.7 Å². The quantitative estimate of drug-likeness (QED) is 0.780. The van der Waals surface area contributed by atoms with Gasteiger partial charge in [0.25, 0.3) is 5.24 Å². The van der Waals surface area contributed by atoms with Crippen molar-refractivity contribution in [2.75, 3.05) is 12.3 Å². The molecule has 1 N–H and O–H groups in total. The molecule has 1 saturated heterocycles. The summed E-state index contributed by atoms with van der Waals surface area (Å²) in [6, 6.07) is 0. The average Bonchev–Trinajstić information content (AvgIpc) is 2.55. The molecule has 80 valence electrons. The summed E-state index contributed by atoms with van der Waals surface area (Å²) >= 11 is 1.20. The van der Waals surface area contributed by atoms with Crippen molar-refractivity contribution in [1.29, 1.82) is 0 Å². The Morgan fingerprint density at radius 1 is 1.57 bits per heavy atom. The number of carbonyl (C=O) groups is 2. The fourth-order valence-corrected chi connectivity index (χ4v) is 2.70. The minimum Gasteiger partial charge on any atom is -0.479 e. The predicted octanol–water partition coefficient (Wildman–Crippen LogP) is 1.80. The lowest BCUT2D eigenvalue weighted by atomic mass is 9.91. The molecule has 0 bridgehead atoms. The molecule has 0 atom stereocenters. The third kappa shape index (κ3) is 1.61. The third-order valence-electron chi connectivity index (χ3n) is 2.85. The van der Waals surface area contributed by atoms with Crippen molar-refractivity contribution in [1.82, 2.24) is 4.90 Å². The molecule has 0 saturated carbocycles. The number of thioether (sulfide) groups is 1. The van der Waals surface area contributed by atoms with E-state index >= 15 is 0 Å². The van der Waals surface area contributed by atoms with Crippen LogP contribution in [-0.4, -0.2) is 39.1 Å². The molecule has 1 heterocycles. The SMILES string of the molecule is CCC(CC)(C(=O)O)N1CCSC1=O. The summed E-state index contributed by atoms with van der Waals surface area (Å²) in [4.78, 5) is 24.2. The van der Waals surface area contributed by atoms with E-state index in [2.05, 4.69) is 0 Å². The summed E-state index contributed by atoms with van der Waals surface area (Å²) in [7, 11) is 0. The number of hydrogen-bond acceptors (Lipinski definition) is 3. The van der Waals surface area contributed by atoms with E-state index in [0.29, 0.717) is 25.1 Å². The van der Waals surface area contributed by atoms with Gasteiger partial charge in [-0.25, -0.2) is 4.79 Å². The molecule has 1 aliphatic heterocycles. The van der Waals surface area contributed by atoms with Crippen molar-refractivity contribution in [2.24, 2.45) is 0 Å². The first-order valence-corrected chi connectivity index (χ1v) is 5.75. The Labute approximate surface area is 87.7 Å². The van der Waals surface area contributed by atoms with Gasteiger partial charge in [-0.1, -0.05) is 25.6 Å². The van der Waals surface area contributed by atoms with Gasteiger partial charge in [-0.05, 0) is 12.8 Å². The summed E-state index contributed by atoms with van der Waals surface area (Å²) < 4.78 is 0. The van der Waals surface area contributed by atoms with Crippen molar-refractivity contribution in [2.45, 2.75) is 32.2 Å². The van der Waals surface area contributed by atoms with Crippen molar-refractivity contribution in [3.63, 3.8) is 0 Å². The number of aliphatic carboxylic acids is 1. The smallest absolute Gasteiger partial charge is 0.329 e. The van der Waals surface area contributed by atoms with Gasteiger partial charge in [-0.3, -0.25) is 4.79 Å². The van der Waals surface area contributed by atoms with E-state index < -0.39 is 11.5 Å². The van der Waals surface area contributed by atoms with Crippen LogP contribution in [0.15, 0.2) is 0 Å². The molecule has 4 nitrogen and oxygen atoms in total. The number of hydrogen-bond donors (Lipinski definition) is 1. The van der Waals surface area contributed by atoms with Crippen LogP contribution in [0.4, 0.5) is 4.79 Å². The Morgan fingerprint density at radius 3 is 2.43 bits per heavy atom. The summed E-state index contributed by atoms with van der Waals surface area (Å²) in [5.74, 6) is -0.188. The number of carbonyl (C=O) groups excluding carboxylic acids is 1. The van der Waals surface area contributed by atoms with Gasteiger partial charge in [0, 0.05) is 12.3 Å². The molecule has 0 radical (unpaired) electrons. The highest BCUT2D eigenvalue weighted by atomic mass is 32.2. The predicted molar refractivity (Wildman–Crippen MR) is 55.5 cm³/mol. The zero-order valence-electron chi connectivity index (χ0n) is 8.45. The standard InChI is InChI=1S/C9H15NO3S/c1-3-9(4-2,7(11)12)10-5-6-14-8(10)13/h3-6H2,1-2H3,(H,11,12). The Bertz CT molecular complexity index is 250. The van der Waals surface area contributed by atoms with Crippen LogP contribution >= 0.6 is 11.8 Å². The average molecular weight is 217 g/mol. The minimum atomic E-state index is -0.986. The second kappa shape index (κ2) is 4.21. The summed E-state index contributed by atoms with van der Waals surface area (Å²) in [5.41, 5.74) is -0.986. The van der Waals surface area contributed by atoms with Crippen LogP contribution in [-0.2, 0) is 4.79 Å². The topological polar surface area (TPSA) is 57.6 Å². The van der Waals surface area contributed by atoms with E-state index in [-0.39, 0.29) is 5.24 Å². The van der Waals surface area contributed by atoms with E-state index in [4.69, 9.17) is 0 Å². The second-order valence-electron chi connectivity index (χ2n) is 3.31. The van der Waals surface area contributed by atoms with Crippen molar-refractivity contribution in [3.8, 4) is 0 Å². The molecule has 0 aromatic heterocycles. The Morgan fingerprint density at radius 2 is 2.14 bits per heavy atom. The van der Waals surface area contributed by atoms with Gasteiger partial charge in [0.05, 0.1) is 0 Å². The maximum atomic E-state index is 11.5. The molecule has 0 unspecified atom stereocenters. The summed E-state index contributed by atoms with van der Waals surface area (Å²) in [5, 5.41) is 9.10. The largest absolute Gasteiger partial charge is 0.479 e. The van der Waals surface area contributed by atoms with Gasteiger partial charge in [-0.15, -0.1) is 0 Å². The lowest BCUT2D eigenvalue weighted by molar-refractivity contribution is -0.149. The maximum absolute atomic E-state index is 11.5. The number of carboxylic acids is 1. The Kier molecular flexibility index (Phi) is 3.42. The van der Waals surface area contributed by atoms with Crippen LogP contribution in [0.25, 0.3) is 0 Å². The molecule has 0 aromatic rings.